The van der Waals surface area contributed by atoms with E-state index in [0.717, 1.165) is 10.7 Å². The average Bonchev–Trinajstić information content (AvgIpc) is 2.58. The molecule has 134 valence electrons. The zero-order valence-electron chi connectivity index (χ0n) is 14.9. The summed E-state index contributed by atoms with van der Waals surface area (Å²) in [6.07, 6.45) is 0. The summed E-state index contributed by atoms with van der Waals surface area (Å²) >= 11 is 1.35. The highest BCUT2D eigenvalue weighted by Gasteiger charge is 2.14. The van der Waals surface area contributed by atoms with Crippen LogP contribution in [0.5, 0.6) is 17.2 Å². The van der Waals surface area contributed by atoms with Crippen LogP contribution in [0.2, 0.25) is 0 Å². The van der Waals surface area contributed by atoms with Gasteiger partial charge in [0, 0.05) is 23.5 Å². The molecule has 1 aromatic carbocycles. The fraction of sp³-hybridized carbons (Fsp3) is 0.353. The maximum absolute atomic E-state index is 12.2. The van der Waals surface area contributed by atoms with Crippen molar-refractivity contribution in [2.75, 3.05) is 32.4 Å². The quantitative estimate of drug-likeness (QED) is 0.598. The molecule has 25 heavy (non-hydrogen) atoms. The van der Waals surface area contributed by atoms with Gasteiger partial charge in [-0.1, -0.05) is 11.8 Å². The van der Waals surface area contributed by atoms with E-state index in [2.05, 4.69) is 15.3 Å². The van der Waals surface area contributed by atoms with Crippen molar-refractivity contribution in [2.45, 2.75) is 18.9 Å². The van der Waals surface area contributed by atoms with Crippen LogP contribution in [-0.2, 0) is 4.79 Å². The molecule has 0 aliphatic carbocycles. The number of carbonyl (C=O) groups is 1. The summed E-state index contributed by atoms with van der Waals surface area (Å²) in [4.78, 5) is 20.7. The summed E-state index contributed by atoms with van der Waals surface area (Å²) in [7, 11) is 4.58. The Hall–Kier alpha value is -2.48. The van der Waals surface area contributed by atoms with Gasteiger partial charge in [0.2, 0.25) is 11.7 Å². The van der Waals surface area contributed by atoms with Crippen LogP contribution in [-0.4, -0.2) is 43.0 Å². The van der Waals surface area contributed by atoms with Gasteiger partial charge in [0.1, 0.15) is 10.9 Å². The van der Waals surface area contributed by atoms with E-state index in [0.29, 0.717) is 28.8 Å². The van der Waals surface area contributed by atoms with E-state index in [1.807, 2.05) is 19.9 Å². The van der Waals surface area contributed by atoms with Gasteiger partial charge in [0.15, 0.2) is 11.5 Å². The van der Waals surface area contributed by atoms with Gasteiger partial charge in [0.25, 0.3) is 0 Å². The lowest BCUT2D eigenvalue weighted by Crippen LogP contribution is -2.14. The maximum atomic E-state index is 12.2. The number of rotatable bonds is 7. The molecule has 0 bridgehead atoms. The van der Waals surface area contributed by atoms with Crippen molar-refractivity contribution in [1.29, 1.82) is 0 Å². The third kappa shape index (κ3) is 4.99. The first-order valence-corrected chi connectivity index (χ1v) is 8.50. The molecule has 2 aromatic rings. The number of benzene rings is 1. The maximum Gasteiger partial charge on any atom is 0.234 e. The number of nitrogens with zero attached hydrogens (tertiary/aromatic N) is 2. The molecule has 8 heteroatoms. The summed E-state index contributed by atoms with van der Waals surface area (Å²) in [5, 5.41) is 3.59. The SMILES string of the molecule is COc1cc(NC(=O)CSc2cc(C)nc(C)n2)cc(OC)c1OC. The van der Waals surface area contributed by atoms with E-state index < -0.39 is 0 Å². The number of thioether (sulfide) groups is 1. The van der Waals surface area contributed by atoms with E-state index in [1.54, 1.807) is 12.1 Å². The Morgan fingerprint density at radius 3 is 2.20 bits per heavy atom. The van der Waals surface area contributed by atoms with Crippen LogP contribution >= 0.6 is 11.8 Å². The summed E-state index contributed by atoms with van der Waals surface area (Å²) in [5.41, 5.74) is 1.44. The first-order chi connectivity index (χ1) is 12.0. The monoisotopic (exact) mass is 363 g/mol. The van der Waals surface area contributed by atoms with Gasteiger partial charge in [0.05, 0.1) is 27.1 Å². The molecule has 7 nitrogen and oxygen atoms in total. The van der Waals surface area contributed by atoms with E-state index in [4.69, 9.17) is 14.2 Å². The van der Waals surface area contributed by atoms with Crippen molar-refractivity contribution in [3.63, 3.8) is 0 Å². The highest BCUT2D eigenvalue weighted by Crippen LogP contribution is 2.39. The van der Waals surface area contributed by atoms with Gasteiger partial charge in [-0.2, -0.15) is 0 Å². The molecule has 1 N–H and O–H groups in total. The molecule has 0 saturated carbocycles. The van der Waals surface area contributed by atoms with E-state index in [-0.39, 0.29) is 11.7 Å². The zero-order valence-corrected chi connectivity index (χ0v) is 15.7. The van der Waals surface area contributed by atoms with Crippen molar-refractivity contribution in [3.05, 3.63) is 29.7 Å². The van der Waals surface area contributed by atoms with E-state index in [9.17, 15) is 4.79 Å². The molecular weight excluding hydrogens is 342 g/mol. The Labute approximate surface area is 151 Å². The van der Waals surface area contributed by atoms with Crippen molar-refractivity contribution in [1.82, 2.24) is 9.97 Å². The van der Waals surface area contributed by atoms with Gasteiger partial charge in [-0.3, -0.25) is 4.79 Å². The lowest BCUT2D eigenvalue weighted by atomic mass is 10.2. The predicted octanol–water partition coefficient (Wildman–Crippen LogP) is 2.85. The van der Waals surface area contributed by atoms with E-state index >= 15 is 0 Å². The van der Waals surface area contributed by atoms with Crippen LogP contribution in [0.15, 0.2) is 23.2 Å². The number of amides is 1. The number of carbonyl (C=O) groups excluding carboxylic acids is 1. The van der Waals surface area contributed by atoms with Crippen LogP contribution in [0, 0.1) is 13.8 Å². The molecule has 0 atom stereocenters. The number of aromatic nitrogens is 2. The Morgan fingerprint density at radius 1 is 1.04 bits per heavy atom. The fourth-order valence-corrected chi connectivity index (χ4v) is 3.05. The third-order valence-electron chi connectivity index (χ3n) is 3.24. The average molecular weight is 363 g/mol. The number of hydrogen-bond acceptors (Lipinski definition) is 7. The van der Waals surface area contributed by atoms with Crippen LogP contribution in [0.25, 0.3) is 0 Å². The molecular formula is C17H21N3O4S. The minimum absolute atomic E-state index is 0.159. The highest BCUT2D eigenvalue weighted by molar-refractivity contribution is 7.99. The second kappa shape index (κ2) is 8.57. The van der Waals surface area contributed by atoms with Crippen LogP contribution in [0.3, 0.4) is 0 Å². The zero-order chi connectivity index (χ0) is 18.4. The van der Waals surface area contributed by atoms with E-state index in [1.165, 1.54) is 33.1 Å². The minimum Gasteiger partial charge on any atom is -0.493 e. The molecule has 0 aliphatic heterocycles. The predicted molar refractivity (Wildman–Crippen MR) is 97.0 cm³/mol. The minimum atomic E-state index is -0.159. The first-order valence-electron chi connectivity index (χ1n) is 7.51. The van der Waals surface area contributed by atoms with Crippen LogP contribution in [0.1, 0.15) is 11.5 Å². The number of aryl methyl sites for hydroxylation is 2. The summed E-state index contributed by atoms with van der Waals surface area (Å²) < 4.78 is 15.8. The Balaban J connectivity index is 2.07. The van der Waals surface area contributed by atoms with Gasteiger partial charge in [-0.05, 0) is 19.9 Å². The molecule has 0 saturated heterocycles. The molecule has 0 aliphatic rings. The molecule has 1 aromatic heterocycles. The third-order valence-corrected chi connectivity index (χ3v) is 4.15. The van der Waals surface area contributed by atoms with Gasteiger partial charge < -0.3 is 19.5 Å². The van der Waals surface area contributed by atoms with Gasteiger partial charge >= 0.3 is 0 Å². The second-order valence-corrected chi connectivity index (χ2v) is 6.14. The lowest BCUT2D eigenvalue weighted by molar-refractivity contribution is -0.113. The summed E-state index contributed by atoms with van der Waals surface area (Å²) in [6.45, 7) is 3.72. The van der Waals surface area contributed by atoms with Crippen LogP contribution < -0.4 is 19.5 Å². The van der Waals surface area contributed by atoms with Crippen molar-refractivity contribution >= 4 is 23.4 Å². The van der Waals surface area contributed by atoms with Crippen molar-refractivity contribution in [2.24, 2.45) is 0 Å². The van der Waals surface area contributed by atoms with Crippen molar-refractivity contribution < 1.29 is 19.0 Å². The van der Waals surface area contributed by atoms with Crippen molar-refractivity contribution in [3.8, 4) is 17.2 Å². The Bertz CT molecular complexity index is 722. The second-order valence-electron chi connectivity index (χ2n) is 5.15. The largest absolute Gasteiger partial charge is 0.493 e. The normalized spacial score (nSPS) is 10.3. The summed E-state index contributed by atoms with van der Waals surface area (Å²) in [5.74, 6) is 2.19. The van der Waals surface area contributed by atoms with Crippen LogP contribution in [0.4, 0.5) is 5.69 Å². The number of ether oxygens (including phenoxy) is 3. The molecule has 2 rings (SSSR count). The standard InChI is InChI=1S/C17H21N3O4S/c1-10-6-16(19-11(2)18-10)25-9-15(21)20-12-7-13(22-3)17(24-5)14(8-12)23-4/h6-8H,9H2,1-5H3,(H,20,21). The summed E-state index contributed by atoms with van der Waals surface area (Å²) in [6, 6.07) is 5.22. The fourth-order valence-electron chi connectivity index (χ4n) is 2.25. The molecule has 1 amide bonds. The number of hydrogen-bond donors (Lipinski definition) is 1. The first kappa shape index (κ1) is 18.9. The topological polar surface area (TPSA) is 82.6 Å². The van der Waals surface area contributed by atoms with Gasteiger partial charge in [-0.25, -0.2) is 9.97 Å². The molecule has 0 unspecified atom stereocenters. The lowest BCUT2D eigenvalue weighted by Gasteiger charge is -2.14. The molecule has 0 radical (unpaired) electrons. The smallest absolute Gasteiger partial charge is 0.234 e. The Kier molecular flexibility index (Phi) is 6.46. The molecule has 0 fully saturated rings. The number of methoxy groups -OCH3 is 3. The van der Waals surface area contributed by atoms with Gasteiger partial charge in [-0.15, -0.1) is 0 Å². The number of nitrogens with one attached hydrogen (secondary N) is 1. The molecule has 0 spiro atoms. The molecule has 1 heterocycles. The number of anilines is 1. The highest BCUT2D eigenvalue weighted by atomic mass is 32.2. The Morgan fingerprint density at radius 2 is 1.68 bits per heavy atom.